The molecule has 0 unspecified atom stereocenters. The molecule has 0 aromatic heterocycles. The molecular weight excluding hydrogens is 278 g/mol. The van der Waals surface area contributed by atoms with Crippen molar-refractivity contribution in [2.45, 2.75) is 39.3 Å². The molecule has 0 saturated heterocycles. The van der Waals surface area contributed by atoms with E-state index < -0.39 is 5.60 Å². The van der Waals surface area contributed by atoms with E-state index in [1.165, 1.54) is 0 Å². The lowest BCUT2D eigenvalue weighted by molar-refractivity contribution is -0.135. The number of hydrogen-bond acceptors (Lipinski definition) is 3. The largest absolute Gasteiger partial charge is 0.478 e. The summed E-state index contributed by atoms with van der Waals surface area (Å²) < 4.78 is 5.69. The van der Waals surface area contributed by atoms with Gasteiger partial charge >= 0.3 is 0 Å². The van der Waals surface area contributed by atoms with Crippen LogP contribution in [-0.2, 0) is 4.79 Å². The summed E-state index contributed by atoms with van der Waals surface area (Å²) in [6, 6.07) is 6.55. The van der Waals surface area contributed by atoms with Gasteiger partial charge in [-0.2, -0.15) is 0 Å². The number of halogens is 1. The minimum atomic E-state index is -1.03. The molecule has 0 bridgehead atoms. The number of hydrogen-bond donors (Lipinski definition) is 2. The molecule has 112 valence electrons. The van der Waals surface area contributed by atoms with Crippen molar-refractivity contribution in [2.24, 2.45) is 5.92 Å². The van der Waals surface area contributed by atoms with Crippen LogP contribution in [0.15, 0.2) is 24.3 Å². The summed E-state index contributed by atoms with van der Waals surface area (Å²) in [5.74, 6) is 0.454. The molecule has 1 amide bonds. The zero-order valence-electron chi connectivity index (χ0n) is 12.3. The van der Waals surface area contributed by atoms with Gasteiger partial charge in [-0.05, 0) is 44.0 Å². The molecule has 0 heterocycles. The number of nitrogens with one attached hydrogen (secondary N) is 1. The number of amides is 1. The summed E-state index contributed by atoms with van der Waals surface area (Å²) in [6.07, 6.45) is 0. The topological polar surface area (TPSA) is 58.6 Å². The summed E-state index contributed by atoms with van der Waals surface area (Å²) in [5.41, 5.74) is -1.03. The fourth-order valence-electron chi connectivity index (χ4n) is 1.61. The van der Waals surface area contributed by atoms with Crippen molar-refractivity contribution in [2.75, 3.05) is 6.61 Å². The molecule has 0 aliphatic rings. The molecule has 1 aromatic rings. The van der Waals surface area contributed by atoms with E-state index in [-0.39, 0.29) is 24.5 Å². The van der Waals surface area contributed by atoms with Crippen molar-refractivity contribution >= 4 is 17.5 Å². The summed E-state index contributed by atoms with van der Waals surface area (Å²) in [6.45, 7) is 7.15. The van der Waals surface area contributed by atoms with Gasteiger partial charge in [0.05, 0.1) is 12.6 Å². The lowest BCUT2D eigenvalue weighted by Crippen LogP contribution is -2.52. The van der Waals surface area contributed by atoms with E-state index in [1.807, 2.05) is 13.8 Å². The Morgan fingerprint density at radius 3 is 2.35 bits per heavy atom. The Labute approximate surface area is 125 Å². The zero-order valence-corrected chi connectivity index (χ0v) is 13.1. The molecule has 0 aliphatic heterocycles. The van der Waals surface area contributed by atoms with Crippen LogP contribution in [-0.4, -0.2) is 29.3 Å². The predicted octanol–water partition coefficient (Wildman–Crippen LogP) is 2.63. The Kier molecular flexibility index (Phi) is 5.84. The maximum absolute atomic E-state index is 12.2. The molecule has 0 saturated carbocycles. The number of carbonyl (C=O) groups excluding carboxylic acids is 1. The minimum Gasteiger partial charge on any atom is -0.478 e. The smallest absolute Gasteiger partial charge is 0.263 e. The first-order valence-electron chi connectivity index (χ1n) is 6.62. The van der Waals surface area contributed by atoms with Gasteiger partial charge in [-0.3, -0.25) is 4.79 Å². The van der Waals surface area contributed by atoms with E-state index in [1.54, 1.807) is 38.1 Å². The van der Waals surface area contributed by atoms with Gasteiger partial charge in [0.15, 0.2) is 5.60 Å². The van der Waals surface area contributed by atoms with Crippen molar-refractivity contribution in [1.29, 1.82) is 0 Å². The van der Waals surface area contributed by atoms with Gasteiger partial charge in [-0.25, -0.2) is 0 Å². The SMILES string of the molecule is CC(C)[C@@H](CO)NC(=O)C(C)(C)Oc1ccc(Cl)cc1. The number of rotatable bonds is 6. The second-order valence-corrected chi connectivity index (χ2v) is 6.01. The lowest BCUT2D eigenvalue weighted by Gasteiger charge is -2.29. The molecule has 5 heteroatoms. The maximum Gasteiger partial charge on any atom is 0.263 e. The van der Waals surface area contributed by atoms with E-state index in [0.717, 1.165) is 0 Å². The van der Waals surface area contributed by atoms with Crippen LogP contribution >= 0.6 is 11.6 Å². The molecule has 0 radical (unpaired) electrons. The van der Waals surface area contributed by atoms with Crippen molar-refractivity contribution < 1.29 is 14.6 Å². The van der Waals surface area contributed by atoms with Crippen molar-refractivity contribution in [3.8, 4) is 5.75 Å². The van der Waals surface area contributed by atoms with Gasteiger partial charge in [0.2, 0.25) is 0 Å². The third kappa shape index (κ3) is 4.69. The van der Waals surface area contributed by atoms with E-state index in [9.17, 15) is 9.90 Å². The molecular formula is C15H22ClNO3. The summed E-state index contributed by atoms with van der Waals surface area (Å²) in [4.78, 5) is 12.2. The van der Waals surface area contributed by atoms with Crippen molar-refractivity contribution in [1.82, 2.24) is 5.32 Å². The fraction of sp³-hybridized carbons (Fsp3) is 0.533. The molecule has 1 aromatic carbocycles. The zero-order chi connectivity index (χ0) is 15.3. The Morgan fingerprint density at radius 2 is 1.90 bits per heavy atom. The van der Waals surface area contributed by atoms with Crippen LogP contribution in [0.5, 0.6) is 5.75 Å². The third-order valence-corrected chi connectivity index (χ3v) is 3.30. The average molecular weight is 300 g/mol. The third-order valence-electron chi connectivity index (χ3n) is 3.05. The monoisotopic (exact) mass is 299 g/mol. The highest BCUT2D eigenvalue weighted by Gasteiger charge is 2.32. The van der Waals surface area contributed by atoms with Crippen molar-refractivity contribution in [3.63, 3.8) is 0 Å². The van der Waals surface area contributed by atoms with Gasteiger partial charge in [0.25, 0.3) is 5.91 Å². The van der Waals surface area contributed by atoms with Crippen LogP contribution in [0.2, 0.25) is 5.02 Å². The van der Waals surface area contributed by atoms with Gasteiger partial charge in [-0.1, -0.05) is 25.4 Å². The highest BCUT2D eigenvalue weighted by Crippen LogP contribution is 2.21. The predicted molar refractivity (Wildman–Crippen MR) is 80.0 cm³/mol. The van der Waals surface area contributed by atoms with Gasteiger partial charge < -0.3 is 15.2 Å². The lowest BCUT2D eigenvalue weighted by atomic mass is 10.0. The number of carbonyl (C=O) groups is 1. The van der Waals surface area contributed by atoms with Crippen LogP contribution in [0.4, 0.5) is 0 Å². The number of aliphatic hydroxyl groups excluding tert-OH is 1. The molecule has 0 aliphatic carbocycles. The van der Waals surface area contributed by atoms with Gasteiger partial charge in [0.1, 0.15) is 5.75 Å². The van der Waals surface area contributed by atoms with Crippen LogP contribution in [0.1, 0.15) is 27.7 Å². The van der Waals surface area contributed by atoms with E-state index in [2.05, 4.69) is 5.32 Å². The first kappa shape index (κ1) is 16.8. The van der Waals surface area contributed by atoms with Crippen LogP contribution in [0, 0.1) is 5.92 Å². The summed E-state index contributed by atoms with van der Waals surface area (Å²) in [5, 5.41) is 12.7. The number of benzene rings is 1. The molecule has 20 heavy (non-hydrogen) atoms. The highest BCUT2D eigenvalue weighted by atomic mass is 35.5. The molecule has 1 atom stereocenters. The first-order chi connectivity index (χ1) is 9.26. The molecule has 2 N–H and O–H groups in total. The first-order valence-corrected chi connectivity index (χ1v) is 7.00. The highest BCUT2D eigenvalue weighted by molar-refractivity contribution is 6.30. The quantitative estimate of drug-likeness (QED) is 0.849. The summed E-state index contributed by atoms with van der Waals surface area (Å²) in [7, 11) is 0. The van der Waals surface area contributed by atoms with Gasteiger partial charge in [0, 0.05) is 5.02 Å². The molecule has 1 rings (SSSR count). The number of aliphatic hydroxyl groups is 1. The normalized spacial score (nSPS) is 13.2. The van der Waals surface area contributed by atoms with E-state index in [0.29, 0.717) is 10.8 Å². The Balaban J connectivity index is 2.72. The van der Waals surface area contributed by atoms with Crippen LogP contribution < -0.4 is 10.1 Å². The Hall–Kier alpha value is -1.26. The molecule has 0 fully saturated rings. The van der Waals surface area contributed by atoms with Gasteiger partial charge in [-0.15, -0.1) is 0 Å². The van der Waals surface area contributed by atoms with E-state index >= 15 is 0 Å². The fourth-order valence-corrected chi connectivity index (χ4v) is 1.73. The van der Waals surface area contributed by atoms with Crippen LogP contribution in [0.25, 0.3) is 0 Å². The van der Waals surface area contributed by atoms with E-state index in [4.69, 9.17) is 16.3 Å². The Morgan fingerprint density at radius 1 is 1.35 bits per heavy atom. The maximum atomic E-state index is 12.2. The summed E-state index contributed by atoms with van der Waals surface area (Å²) >= 11 is 5.81. The minimum absolute atomic E-state index is 0.0968. The standard InChI is InChI=1S/C15H22ClNO3/c1-10(2)13(9-18)17-14(19)15(3,4)20-12-7-5-11(16)6-8-12/h5-8,10,13,18H,9H2,1-4H3,(H,17,19)/t13-/m1/s1. The molecule has 4 nitrogen and oxygen atoms in total. The second kappa shape index (κ2) is 6.95. The Bertz CT molecular complexity index is 443. The van der Waals surface area contributed by atoms with Crippen molar-refractivity contribution in [3.05, 3.63) is 29.3 Å². The average Bonchev–Trinajstić information content (AvgIpc) is 2.37. The van der Waals surface area contributed by atoms with Crippen LogP contribution in [0.3, 0.4) is 0 Å². The number of ether oxygens (including phenoxy) is 1. The second-order valence-electron chi connectivity index (χ2n) is 5.57. The molecule has 0 spiro atoms.